The van der Waals surface area contributed by atoms with Crippen LogP contribution in [0.25, 0.3) is 0 Å². The fourth-order valence-corrected chi connectivity index (χ4v) is 2.80. The number of carbonyl (C=O) groups excluding carboxylic acids is 2. The second-order valence-corrected chi connectivity index (χ2v) is 6.02. The van der Waals surface area contributed by atoms with E-state index in [-0.39, 0.29) is 36.6 Å². The van der Waals surface area contributed by atoms with Gasteiger partial charge in [-0.1, -0.05) is 6.92 Å². The highest BCUT2D eigenvalue weighted by molar-refractivity contribution is 6.00. The van der Waals surface area contributed by atoms with Crippen molar-refractivity contribution >= 4 is 29.9 Å². The Kier molecular flexibility index (Phi) is 9.23. The summed E-state index contributed by atoms with van der Waals surface area (Å²) in [5.41, 5.74) is 0.682. The quantitative estimate of drug-likeness (QED) is 0.631. The first-order valence-corrected chi connectivity index (χ1v) is 8.60. The van der Waals surface area contributed by atoms with E-state index in [2.05, 4.69) is 17.6 Å². The summed E-state index contributed by atoms with van der Waals surface area (Å²) in [6.07, 6.45) is 1.28. The van der Waals surface area contributed by atoms with Crippen LogP contribution in [-0.2, 0) is 9.59 Å². The van der Waals surface area contributed by atoms with Crippen LogP contribution in [-0.4, -0.2) is 52.2 Å². The Labute approximate surface area is 160 Å². The number of halogens is 1. The molecule has 1 saturated heterocycles. The van der Waals surface area contributed by atoms with Gasteiger partial charge in [0, 0.05) is 44.3 Å². The summed E-state index contributed by atoms with van der Waals surface area (Å²) in [5, 5.41) is 6.12. The van der Waals surface area contributed by atoms with Gasteiger partial charge in [0.25, 0.3) is 0 Å². The zero-order chi connectivity index (χ0) is 18.2. The van der Waals surface area contributed by atoms with Gasteiger partial charge in [-0.3, -0.25) is 9.59 Å². The third-order valence-corrected chi connectivity index (χ3v) is 4.17. The van der Waals surface area contributed by atoms with Crippen molar-refractivity contribution < 1.29 is 19.1 Å². The molecule has 146 valence electrons. The molecule has 0 saturated carbocycles. The molecule has 1 aliphatic rings. The largest absolute Gasteiger partial charge is 0.497 e. The van der Waals surface area contributed by atoms with E-state index < -0.39 is 0 Å². The number of nitrogens with zero attached hydrogens (tertiary/aromatic N) is 1. The molecular formula is C18H28ClN3O4. The third-order valence-electron chi connectivity index (χ3n) is 4.17. The smallest absolute Gasteiger partial charge is 0.227 e. The summed E-state index contributed by atoms with van der Waals surface area (Å²) in [4.78, 5) is 26.3. The summed E-state index contributed by atoms with van der Waals surface area (Å²) in [6, 6.07) is 5.29. The highest BCUT2D eigenvalue weighted by Crippen LogP contribution is 2.32. The number of rotatable bonds is 9. The third kappa shape index (κ3) is 5.78. The molecule has 7 nitrogen and oxygen atoms in total. The lowest BCUT2D eigenvalue weighted by Gasteiger charge is -2.18. The van der Waals surface area contributed by atoms with Crippen LogP contribution in [0.5, 0.6) is 11.5 Å². The Morgan fingerprint density at radius 1 is 1.15 bits per heavy atom. The lowest BCUT2D eigenvalue weighted by atomic mass is 10.1. The van der Waals surface area contributed by atoms with E-state index in [9.17, 15) is 9.59 Å². The van der Waals surface area contributed by atoms with Gasteiger partial charge in [0.2, 0.25) is 11.8 Å². The van der Waals surface area contributed by atoms with E-state index in [1.165, 1.54) is 0 Å². The highest BCUT2D eigenvalue weighted by atomic mass is 35.5. The van der Waals surface area contributed by atoms with Gasteiger partial charge in [-0.2, -0.15) is 0 Å². The van der Waals surface area contributed by atoms with Crippen LogP contribution in [0.3, 0.4) is 0 Å². The number of ether oxygens (including phenoxy) is 2. The van der Waals surface area contributed by atoms with Gasteiger partial charge in [-0.25, -0.2) is 0 Å². The normalized spacial score (nSPS) is 16.2. The zero-order valence-corrected chi connectivity index (χ0v) is 16.4. The minimum atomic E-state index is -0.337. The number of nitrogens with one attached hydrogen (secondary N) is 2. The molecule has 8 heteroatoms. The summed E-state index contributed by atoms with van der Waals surface area (Å²) in [5.74, 6) is 0.730. The molecular weight excluding hydrogens is 358 g/mol. The maximum Gasteiger partial charge on any atom is 0.227 e. The summed E-state index contributed by atoms with van der Waals surface area (Å²) >= 11 is 0. The number of hydrogen-bond acceptors (Lipinski definition) is 5. The second-order valence-electron chi connectivity index (χ2n) is 6.02. The zero-order valence-electron chi connectivity index (χ0n) is 15.5. The Morgan fingerprint density at radius 2 is 1.81 bits per heavy atom. The monoisotopic (exact) mass is 385 g/mol. The standard InChI is InChI=1S/C18H27N3O4.ClH/c1-4-5-19-6-7-20-18(23)13-8-17(22)21(12-13)14-9-15(24-2)11-16(10-14)25-3;/h9-11,13,19H,4-8,12H2,1-3H3,(H,20,23);1H. The van der Waals surface area contributed by atoms with Gasteiger partial charge in [0.15, 0.2) is 0 Å². The molecule has 2 N–H and O–H groups in total. The molecule has 2 amide bonds. The van der Waals surface area contributed by atoms with E-state index in [1.54, 1.807) is 37.3 Å². The molecule has 0 bridgehead atoms. The molecule has 2 rings (SSSR count). The van der Waals surface area contributed by atoms with Crippen LogP contribution in [0.1, 0.15) is 19.8 Å². The minimum Gasteiger partial charge on any atom is -0.497 e. The topological polar surface area (TPSA) is 79.9 Å². The fourth-order valence-electron chi connectivity index (χ4n) is 2.80. The maximum absolute atomic E-state index is 12.4. The van der Waals surface area contributed by atoms with Crippen LogP contribution in [0.2, 0.25) is 0 Å². The lowest BCUT2D eigenvalue weighted by Crippen LogP contribution is -2.37. The number of carbonyl (C=O) groups is 2. The van der Waals surface area contributed by atoms with Crippen molar-refractivity contribution in [3.8, 4) is 11.5 Å². The molecule has 0 radical (unpaired) electrons. The van der Waals surface area contributed by atoms with Crippen molar-refractivity contribution in [3.05, 3.63) is 18.2 Å². The molecule has 0 aromatic heterocycles. The van der Waals surface area contributed by atoms with Gasteiger partial charge in [-0.15, -0.1) is 12.4 Å². The highest BCUT2D eigenvalue weighted by Gasteiger charge is 2.35. The number of methoxy groups -OCH3 is 2. The van der Waals surface area contributed by atoms with Crippen LogP contribution in [0, 0.1) is 5.92 Å². The molecule has 1 aromatic rings. The Balaban J connectivity index is 0.00000338. The van der Waals surface area contributed by atoms with E-state index in [4.69, 9.17) is 9.47 Å². The molecule has 1 atom stereocenters. The van der Waals surface area contributed by atoms with Crippen molar-refractivity contribution in [1.29, 1.82) is 0 Å². The summed E-state index contributed by atoms with van der Waals surface area (Å²) in [7, 11) is 3.13. The van der Waals surface area contributed by atoms with Gasteiger partial charge >= 0.3 is 0 Å². The SMILES string of the molecule is CCCNCCNC(=O)C1CC(=O)N(c2cc(OC)cc(OC)c2)C1.Cl. The first-order valence-electron chi connectivity index (χ1n) is 8.60. The molecule has 26 heavy (non-hydrogen) atoms. The average molecular weight is 386 g/mol. The number of anilines is 1. The maximum atomic E-state index is 12.4. The van der Waals surface area contributed by atoms with Crippen LogP contribution in [0.15, 0.2) is 18.2 Å². The van der Waals surface area contributed by atoms with E-state index in [0.29, 0.717) is 30.3 Å². The summed E-state index contributed by atoms with van der Waals surface area (Å²) in [6.45, 7) is 4.69. The average Bonchev–Trinajstić information content (AvgIpc) is 3.02. The number of hydrogen-bond donors (Lipinski definition) is 2. The van der Waals surface area contributed by atoms with E-state index in [1.807, 2.05) is 0 Å². The molecule has 0 aliphatic carbocycles. The number of benzene rings is 1. The van der Waals surface area contributed by atoms with Crippen molar-refractivity contribution in [1.82, 2.24) is 10.6 Å². The van der Waals surface area contributed by atoms with Gasteiger partial charge in [-0.05, 0) is 13.0 Å². The molecule has 1 unspecified atom stereocenters. The Morgan fingerprint density at radius 3 is 2.38 bits per heavy atom. The van der Waals surface area contributed by atoms with Crippen LogP contribution >= 0.6 is 12.4 Å². The molecule has 1 heterocycles. The fraction of sp³-hybridized carbons (Fsp3) is 0.556. The Hall–Kier alpha value is -1.99. The first-order chi connectivity index (χ1) is 12.1. The van der Waals surface area contributed by atoms with Gasteiger partial charge in [0.1, 0.15) is 11.5 Å². The van der Waals surface area contributed by atoms with Crippen molar-refractivity contribution in [2.45, 2.75) is 19.8 Å². The van der Waals surface area contributed by atoms with E-state index >= 15 is 0 Å². The van der Waals surface area contributed by atoms with Crippen LogP contribution in [0.4, 0.5) is 5.69 Å². The first kappa shape index (κ1) is 22.1. The van der Waals surface area contributed by atoms with Crippen molar-refractivity contribution in [2.75, 3.05) is 45.3 Å². The predicted molar refractivity (Wildman–Crippen MR) is 103 cm³/mol. The second kappa shape index (κ2) is 10.9. The predicted octanol–water partition coefficient (Wildman–Crippen LogP) is 1.59. The molecule has 1 aliphatic heterocycles. The molecule has 1 fully saturated rings. The van der Waals surface area contributed by atoms with E-state index in [0.717, 1.165) is 19.5 Å². The minimum absolute atomic E-state index is 0. The Bertz CT molecular complexity index is 590. The van der Waals surface area contributed by atoms with Crippen molar-refractivity contribution in [2.24, 2.45) is 5.92 Å². The molecule has 0 spiro atoms. The summed E-state index contributed by atoms with van der Waals surface area (Å²) < 4.78 is 10.5. The van der Waals surface area contributed by atoms with Gasteiger partial charge < -0.3 is 25.0 Å². The van der Waals surface area contributed by atoms with Crippen molar-refractivity contribution in [3.63, 3.8) is 0 Å². The lowest BCUT2D eigenvalue weighted by molar-refractivity contribution is -0.126. The molecule has 1 aromatic carbocycles. The van der Waals surface area contributed by atoms with Gasteiger partial charge in [0.05, 0.1) is 25.8 Å². The van der Waals surface area contributed by atoms with Crippen LogP contribution < -0.4 is 25.0 Å². The number of amides is 2.